The summed E-state index contributed by atoms with van der Waals surface area (Å²) in [5, 5.41) is 0. The SMILES string of the molecule is CCc1nsc2cncnc12. The average Bonchev–Trinajstić information content (AvgIpc) is 2.47. The van der Waals surface area contributed by atoms with Crippen molar-refractivity contribution in [3.8, 4) is 0 Å². The fourth-order valence-corrected chi connectivity index (χ4v) is 1.77. The second-order valence-electron chi connectivity index (χ2n) is 2.22. The lowest BCUT2D eigenvalue weighted by Crippen LogP contribution is -1.82. The number of fused-ring (bicyclic) bond motifs is 1. The van der Waals surface area contributed by atoms with Crippen LogP contribution in [0.5, 0.6) is 0 Å². The molecular formula is C7H7N3S. The van der Waals surface area contributed by atoms with Gasteiger partial charge in [-0.3, -0.25) is 0 Å². The molecule has 0 saturated heterocycles. The van der Waals surface area contributed by atoms with E-state index in [1.807, 2.05) is 0 Å². The Kier molecular flexibility index (Phi) is 1.54. The molecule has 56 valence electrons. The van der Waals surface area contributed by atoms with Gasteiger partial charge in [0.25, 0.3) is 0 Å². The molecule has 0 unspecified atom stereocenters. The van der Waals surface area contributed by atoms with Crippen LogP contribution in [0.1, 0.15) is 12.6 Å². The third kappa shape index (κ3) is 0.991. The molecule has 11 heavy (non-hydrogen) atoms. The fraction of sp³-hybridized carbons (Fsp3) is 0.286. The summed E-state index contributed by atoms with van der Waals surface area (Å²) >= 11 is 1.46. The van der Waals surface area contributed by atoms with E-state index in [1.54, 1.807) is 12.5 Å². The zero-order valence-corrected chi connectivity index (χ0v) is 6.93. The lowest BCUT2D eigenvalue weighted by Gasteiger charge is -1.87. The maximum Gasteiger partial charge on any atom is 0.116 e. The molecule has 0 radical (unpaired) electrons. The van der Waals surface area contributed by atoms with Gasteiger partial charge in [-0.15, -0.1) is 0 Å². The molecule has 0 atom stereocenters. The molecule has 0 aromatic carbocycles. The van der Waals surface area contributed by atoms with Crippen LogP contribution in [-0.2, 0) is 6.42 Å². The summed E-state index contributed by atoms with van der Waals surface area (Å²) in [5.74, 6) is 0. The zero-order valence-electron chi connectivity index (χ0n) is 6.11. The van der Waals surface area contributed by atoms with Crippen molar-refractivity contribution in [3.05, 3.63) is 18.2 Å². The van der Waals surface area contributed by atoms with E-state index in [4.69, 9.17) is 0 Å². The van der Waals surface area contributed by atoms with E-state index >= 15 is 0 Å². The predicted octanol–water partition coefficient (Wildman–Crippen LogP) is 1.65. The third-order valence-corrected chi connectivity index (χ3v) is 2.35. The van der Waals surface area contributed by atoms with E-state index in [1.165, 1.54) is 11.5 Å². The van der Waals surface area contributed by atoms with Gasteiger partial charge in [-0.2, -0.15) is 4.37 Å². The average molecular weight is 165 g/mol. The first-order chi connectivity index (χ1) is 5.42. The maximum atomic E-state index is 4.25. The standard InChI is InChI=1S/C7H7N3S/c1-2-5-7-6(11-10-5)3-8-4-9-7/h3-4H,2H2,1H3. The summed E-state index contributed by atoms with van der Waals surface area (Å²) < 4.78 is 5.33. The van der Waals surface area contributed by atoms with Crippen LogP contribution in [0.15, 0.2) is 12.5 Å². The first kappa shape index (κ1) is 6.67. The van der Waals surface area contributed by atoms with E-state index in [-0.39, 0.29) is 0 Å². The topological polar surface area (TPSA) is 38.7 Å². The predicted molar refractivity (Wildman–Crippen MR) is 44.6 cm³/mol. The highest BCUT2D eigenvalue weighted by atomic mass is 32.1. The minimum absolute atomic E-state index is 0.941. The molecule has 0 N–H and O–H groups in total. The minimum Gasteiger partial charge on any atom is -0.243 e. The molecular weight excluding hydrogens is 158 g/mol. The van der Waals surface area contributed by atoms with E-state index < -0.39 is 0 Å². The van der Waals surface area contributed by atoms with Gasteiger partial charge < -0.3 is 0 Å². The van der Waals surface area contributed by atoms with Crippen LogP contribution in [0.3, 0.4) is 0 Å². The number of rotatable bonds is 1. The third-order valence-electron chi connectivity index (χ3n) is 1.54. The van der Waals surface area contributed by atoms with E-state index in [2.05, 4.69) is 21.3 Å². The maximum absolute atomic E-state index is 4.25. The monoisotopic (exact) mass is 165 g/mol. The summed E-state index contributed by atoms with van der Waals surface area (Å²) in [6.07, 6.45) is 4.31. The van der Waals surface area contributed by atoms with Crippen molar-refractivity contribution in [2.75, 3.05) is 0 Å². The Morgan fingerprint density at radius 3 is 3.27 bits per heavy atom. The van der Waals surface area contributed by atoms with Gasteiger partial charge in [-0.25, -0.2) is 9.97 Å². The van der Waals surface area contributed by atoms with Gasteiger partial charge in [0.2, 0.25) is 0 Å². The molecule has 0 bridgehead atoms. The molecule has 0 aliphatic rings. The quantitative estimate of drug-likeness (QED) is 0.645. The highest BCUT2D eigenvalue weighted by molar-refractivity contribution is 7.13. The lowest BCUT2D eigenvalue weighted by molar-refractivity contribution is 1.08. The van der Waals surface area contributed by atoms with Crippen molar-refractivity contribution < 1.29 is 0 Å². The largest absolute Gasteiger partial charge is 0.243 e. The van der Waals surface area contributed by atoms with Gasteiger partial charge in [-0.1, -0.05) is 6.92 Å². The van der Waals surface area contributed by atoms with E-state index in [9.17, 15) is 0 Å². The number of hydrogen-bond donors (Lipinski definition) is 0. The first-order valence-electron chi connectivity index (χ1n) is 3.46. The van der Waals surface area contributed by atoms with Crippen molar-refractivity contribution in [2.24, 2.45) is 0 Å². The summed E-state index contributed by atoms with van der Waals surface area (Å²) in [6, 6.07) is 0. The smallest absolute Gasteiger partial charge is 0.116 e. The van der Waals surface area contributed by atoms with Gasteiger partial charge in [0, 0.05) is 6.20 Å². The summed E-state index contributed by atoms with van der Waals surface area (Å²) in [4.78, 5) is 8.07. The fourth-order valence-electron chi connectivity index (χ4n) is 0.980. The molecule has 0 fully saturated rings. The van der Waals surface area contributed by atoms with Crippen LogP contribution < -0.4 is 0 Å². The van der Waals surface area contributed by atoms with Gasteiger partial charge in [0.05, 0.1) is 10.4 Å². The second-order valence-corrected chi connectivity index (χ2v) is 3.02. The molecule has 0 spiro atoms. The molecule has 3 nitrogen and oxygen atoms in total. The molecule has 0 amide bonds. The van der Waals surface area contributed by atoms with Crippen LogP contribution in [-0.4, -0.2) is 14.3 Å². The van der Waals surface area contributed by atoms with Gasteiger partial charge in [0.1, 0.15) is 11.8 Å². The Balaban J connectivity index is 2.76. The van der Waals surface area contributed by atoms with Crippen LogP contribution in [0.2, 0.25) is 0 Å². The molecule has 0 aliphatic heterocycles. The van der Waals surface area contributed by atoms with E-state index in [0.717, 1.165) is 22.3 Å². The van der Waals surface area contributed by atoms with Crippen LogP contribution in [0, 0.1) is 0 Å². The summed E-state index contributed by atoms with van der Waals surface area (Å²) in [5.41, 5.74) is 2.08. The van der Waals surface area contributed by atoms with Gasteiger partial charge in [0.15, 0.2) is 0 Å². The summed E-state index contributed by atoms with van der Waals surface area (Å²) in [6.45, 7) is 2.08. The van der Waals surface area contributed by atoms with Crippen molar-refractivity contribution in [1.82, 2.24) is 14.3 Å². The Bertz CT molecular complexity index is 368. The van der Waals surface area contributed by atoms with Gasteiger partial charge in [-0.05, 0) is 18.0 Å². The Labute approximate surface area is 68.3 Å². The van der Waals surface area contributed by atoms with Crippen LogP contribution in [0.4, 0.5) is 0 Å². The summed E-state index contributed by atoms with van der Waals surface area (Å²) in [7, 11) is 0. The first-order valence-corrected chi connectivity index (χ1v) is 4.23. The molecule has 0 saturated carbocycles. The highest BCUT2D eigenvalue weighted by Gasteiger charge is 2.03. The zero-order chi connectivity index (χ0) is 7.68. The Morgan fingerprint density at radius 2 is 2.45 bits per heavy atom. The van der Waals surface area contributed by atoms with Gasteiger partial charge >= 0.3 is 0 Å². The van der Waals surface area contributed by atoms with Crippen molar-refractivity contribution >= 4 is 21.7 Å². The number of hydrogen-bond acceptors (Lipinski definition) is 4. The lowest BCUT2D eigenvalue weighted by atomic mass is 10.3. The Hall–Kier alpha value is -1.03. The highest BCUT2D eigenvalue weighted by Crippen LogP contribution is 2.18. The van der Waals surface area contributed by atoms with Crippen LogP contribution >= 0.6 is 11.5 Å². The van der Waals surface area contributed by atoms with E-state index in [0.29, 0.717) is 0 Å². The molecule has 2 heterocycles. The molecule has 2 aromatic rings. The number of aromatic nitrogens is 3. The normalized spacial score (nSPS) is 10.6. The molecule has 0 aliphatic carbocycles. The van der Waals surface area contributed by atoms with Crippen molar-refractivity contribution in [2.45, 2.75) is 13.3 Å². The second kappa shape index (κ2) is 2.54. The molecule has 2 rings (SSSR count). The number of nitrogens with zero attached hydrogens (tertiary/aromatic N) is 3. The van der Waals surface area contributed by atoms with Crippen molar-refractivity contribution in [1.29, 1.82) is 0 Å². The van der Waals surface area contributed by atoms with Crippen LogP contribution in [0.25, 0.3) is 10.2 Å². The number of aryl methyl sites for hydroxylation is 1. The minimum atomic E-state index is 0.941. The Morgan fingerprint density at radius 1 is 1.55 bits per heavy atom. The molecule has 2 aromatic heterocycles. The molecule has 4 heteroatoms. The van der Waals surface area contributed by atoms with Crippen molar-refractivity contribution in [3.63, 3.8) is 0 Å².